The van der Waals surface area contributed by atoms with Crippen molar-refractivity contribution in [2.24, 2.45) is 0 Å². The monoisotopic (exact) mass is 1440 g/mol. The first-order valence-corrected chi connectivity index (χ1v) is 34.9. The van der Waals surface area contributed by atoms with Crippen molar-refractivity contribution in [3.8, 4) is 34.9 Å². The second-order valence-corrected chi connectivity index (χ2v) is 25.4. The van der Waals surface area contributed by atoms with E-state index in [4.69, 9.17) is 14.2 Å². The van der Waals surface area contributed by atoms with Gasteiger partial charge in [-0.1, -0.05) is 6.92 Å². The number of ether oxygens (including phenoxy) is 3. The van der Waals surface area contributed by atoms with Gasteiger partial charge >= 0.3 is 0 Å². The van der Waals surface area contributed by atoms with Gasteiger partial charge in [-0.2, -0.15) is 28.1 Å². The lowest BCUT2D eigenvalue weighted by atomic mass is 10.2. The first-order chi connectivity index (χ1) is 51.0. The van der Waals surface area contributed by atoms with Crippen molar-refractivity contribution in [1.82, 2.24) is 73.7 Å². The van der Waals surface area contributed by atoms with E-state index in [1.54, 1.807) is 73.2 Å². The molecule has 0 aliphatic carbocycles. The van der Waals surface area contributed by atoms with E-state index in [0.717, 1.165) is 174 Å². The van der Waals surface area contributed by atoms with Crippen LogP contribution < -0.4 is 50.2 Å². The Morgan fingerprint density at radius 1 is 0.371 bits per heavy atom. The molecule has 30 heteroatoms. The molecule has 12 aromatic rings. The maximum Gasteiger partial charge on any atom is 0.261 e. The zero-order valence-corrected chi connectivity index (χ0v) is 59.5. The molecule has 0 bridgehead atoms. The second-order valence-electron chi connectivity index (χ2n) is 25.4. The number of rotatable bonds is 19. The fourth-order valence-electron chi connectivity index (χ4n) is 13.2. The SMILES string of the molecule is CCN1CCN(c2ccc(Nc3ncnc(Oc4ccc5c(cc(C)n5CC)c4F)c3F)nc2)CC1.CCn1c(C)cc2c(F)c(Oc3ncnc(Nc4ccc(N5CCN(C)CC5)cn4)c3F)ccc21.CCn1c(C)cc2c(F)c(Oc3ncnc(Nc4ccc(N5CCNCC5)cn4)c3F)ccc21. The summed E-state index contributed by atoms with van der Waals surface area (Å²) >= 11 is 0. The molecule has 3 aromatic carbocycles. The highest BCUT2D eigenvalue weighted by Gasteiger charge is 2.25. The Bertz CT molecular complexity index is 5020. The van der Waals surface area contributed by atoms with Crippen molar-refractivity contribution in [2.75, 3.05) is 123 Å². The van der Waals surface area contributed by atoms with Crippen molar-refractivity contribution in [3.05, 3.63) is 181 Å². The number of pyridine rings is 3. The predicted octanol–water partition coefficient (Wildman–Crippen LogP) is 14.2. The molecule has 0 saturated carbocycles. The van der Waals surface area contributed by atoms with Crippen LogP contribution in [0.4, 0.5) is 78.3 Å². The summed E-state index contributed by atoms with van der Waals surface area (Å²) in [5.74, 6) is -4.68. The molecule has 12 heterocycles. The van der Waals surface area contributed by atoms with Crippen LogP contribution in [-0.4, -0.2) is 160 Å². The number of benzene rings is 3. The highest BCUT2D eigenvalue weighted by atomic mass is 19.1. The number of piperazine rings is 3. The summed E-state index contributed by atoms with van der Waals surface area (Å²) in [5.41, 5.74) is 8.09. The Morgan fingerprint density at radius 3 is 1.00 bits per heavy atom. The molecule has 546 valence electrons. The molecule has 0 unspecified atom stereocenters. The Balaban J connectivity index is 0.000000140. The van der Waals surface area contributed by atoms with Crippen LogP contribution in [0, 0.1) is 55.7 Å². The summed E-state index contributed by atoms with van der Waals surface area (Å²) in [5, 5.41) is 13.1. The lowest BCUT2D eigenvalue weighted by Crippen LogP contribution is -2.46. The molecule has 4 N–H and O–H groups in total. The molecule has 0 amide bonds. The second kappa shape index (κ2) is 32.1. The van der Waals surface area contributed by atoms with Crippen LogP contribution in [-0.2, 0) is 19.6 Å². The van der Waals surface area contributed by atoms with E-state index in [-0.39, 0.29) is 52.3 Å². The van der Waals surface area contributed by atoms with E-state index in [9.17, 15) is 0 Å². The maximum absolute atomic E-state index is 15.2. The number of hydrogen-bond donors (Lipinski definition) is 4. The van der Waals surface area contributed by atoms with E-state index >= 15 is 26.3 Å². The Morgan fingerprint density at radius 2 is 0.695 bits per heavy atom. The van der Waals surface area contributed by atoms with E-state index in [2.05, 4.69) is 105 Å². The van der Waals surface area contributed by atoms with Crippen molar-refractivity contribution < 1.29 is 40.6 Å². The van der Waals surface area contributed by atoms with Gasteiger partial charge in [-0.3, -0.25) is 0 Å². The van der Waals surface area contributed by atoms with Gasteiger partial charge in [0.1, 0.15) is 36.4 Å². The van der Waals surface area contributed by atoms with E-state index in [1.807, 2.05) is 73.4 Å². The van der Waals surface area contributed by atoms with Crippen molar-refractivity contribution in [3.63, 3.8) is 0 Å². The molecular formula is C75H81F6N21O3. The Kier molecular flexibility index (Phi) is 22.0. The summed E-state index contributed by atoms with van der Waals surface area (Å²) in [4.78, 5) is 48.1. The van der Waals surface area contributed by atoms with Crippen molar-refractivity contribution >= 4 is 84.7 Å². The first kappa shape index (κ1) is 72.0. The average Bonchev–Trinajstić information content (AvgIpc) is 1.67. The van der Waals surface area contributed by atoms with Gasteiger partial charge < -0.3 is 73.7 Å². The molecule has 3 aliphatic rings. The number of aromatic nitrogens is 12. The van der Waals surface area contributed by atoms with E-state index in [1.165, 1.54) is 18.2 Å². The number of nitrogens with zero attached hydrogens (tertiary/aromatic N) is 17. The van der Waals surface area contributed by atoms with E-state index in [0.29, 0.717) is 33.6 Å². The third-order valence-electron chi connectivity index (χ3n) is 18.9. The Hall–Kier alpha value is -11.4. The first-order valence-electron chi connectivity index (χ1n) is 34.9. The molecule has 0 spiro atoms. The quantitative estimate of drug-likeness (QED) is 0.0553. The zero-order valence-electron chi connectivity index (χ0n) is 59.5. The minimum atomic E-state index is -0.836. The fourth-order valence-corrected chi connectivity index (χ4v) is 13.2. The van der Waals surface area contributed by atoms with Crippen LogP contribution in [0.25, 0.3) is 32.7 Å². The largest absolute Gasteiger partial charge is 0.433 e. The topological polar surface area (TPSA) is 223 Å². The summed E-state index contributed by atoms with van der Waals surface area (Å²) in [6.45, 7) is 28.5. The minimum absolute atomic E-state index is 0.105. The number of anilines is 9. The lowest BCUT2D eigenvalue weighted by Gasteiger charge is -2.35. The fraction of sp³-hybridized carbons (Fsp3) is 0.320. The molecule has 15 rings (SSSR count). The molecule has 0 atom stereocenters. The van der Waals surface area contributed by atoms with E-state index < -0.39 is 34.9 Å². The molecule has 3 saturated heterocycles. The normalized spacial score (nSPS) is 14.3. The number of halogens is 6. The summed E-state index contributed by atoms with van der Waals surface area (Å²) in [7, 11) is 2.10. The van der Waals surface area contributed by atoms with Gasteiger partial charge in [0.25, 0.3) is 17.6 Å². The molecular weight excluding hydrogens is 1360 g/mol. The third kappa shape index (κ3) is 15.8. The van der Waals surface area contributed by atoms with Crippen LogP contribution in [0.5, 0.6) is 34.9 Å². The van der Waals surface area contributed by atoms with Crippen LogP contribution in [0.1, 0.15) is 44.8 Å². The highest BCUT2D eigenvalue weighted by Crippen LogP contribution is 2.38. The molecule has 105 heavy (non-hydrogen) atoms. The molecule has 0 radical (unpaired) electrons. The number of nitrogens with one attached hydrogen (secondary N) is 4. The zero-order chi connectivity index (χ0) is 73.4. The van der Waals surface area contributed by atoms with Gasteiger partial charge in [-0.25, -0.2) is 43.1 Å². The van der Waals surface area contributed by atoms with Gasteiger partial charge in [0, 0.05) is 131 Å². The van der Waals surface area contributed by atoms with Gasteiger partial charge in [0.15, 0.2) is 52.2 Å². The number of hydrogen-bond acceptors (Lipinski definition) is 21. The number of fused-ring (bicyclic) bond motifs is 3. The van der Waals surface area contributed by atoms with Gasteiger partial charge in [0.2, 0.25) is 17.5 Å². The highest BCUT2D eigenvalue weighted by molar-refractivity contribution is 5.86. The third-order valence-corrected chi connectivity index (χ3v) is 18.9. The molecule has 24 nitrogen and oxygen atoms in total. The lowest BCUT2D eigenvalue weighted by molar-refractivity contribution is 0.271. The molecule has 9 aromatic heterocycles. The number of aryl methyl sites for hydroxylation is 6. The van der Waals surface area contributed by atoms with Gasteiger partial charge in [-0.15, -0.1) is 0 Å². The van der Waals surface area contributed by atoms with Crippen molar-refractivity contribution in [2.45, 2.75) is 68.1 Å². The van der Waals surface area contributed by atoms with Gasteiger partial charge in [0.05, 0.1) is 52.2 Å². The van der Waals surface area contributed by atoms with Crippen LogP contribution in [0.3, 0.4) is 0 Å². The van der Waals surface area contributed by atoms with Crippen molar-refractivity contribution in [1.29, 1.82) is 0 Å². The summed E-state index contributed by atoms with van der Waals surface area (Å²) < 4.78 is 113. The number of likely N-dealkylation sites (N-methyl/N-ethyl adjacent to an activating group) is 2. The average molecular weight is 1440 g/mol. The summed E-state index contributed by atoms with van der Waals surface area (Å²) in [6.07, 6.45) is 8.72. The van der Waals surface area contributed by atoms with Crippen LogP contribution in [0.15, 0.2) is 129 Å². The van der Waals surface area contributed by atoms with Gasteiger partial charge in [-0.05, 0) is 146 Å². The summed E-state index contributed by atoms with van der Waals surface area (Å²) in [6, 6.07) is 26.1. The Labute approximate surface area is 602 Å². The minimum Gasteiger partial charge on any atom is -0.433 e. The molecule has 3 aliphatic heterocycles. The van der Waals surface area contributed by atoms with Crippen LogP contribution in [0.2, 0.25) is 0 Å². The standard InChI is InChI=1S/C26H29F2N7O.C25H27F2N7O.C24H25F2N7O/c1-4-33-10-12-34(13-11-33)18-6-9-22(29-15-18)32-25-24(28)26(31-16-30-25)36-21-8-7-20-19(23(21)27)14-17(3)35(20)5-2;1-4-34-16(2)13-18-19(34)6-7-20(22(18)26)35-25-23(27)24(29-15-30-25)31-21-8-5-17(14-28-21)33-11-9-32(3)10-12-33;1-3-33-15(2)12-17-18(33)5-6-19(21(17)25)34-24-22(26)23(29-14-30-24)31-20-7-4-16(13-28-20)32-10-8-27-9-11-32/h6-9,14-16H,4-5,10-13H2,1-3H3,(H,29,30,31,32);5-8,13-15H,4,9-12H2,1-3H3,(H,28,29,30,31);4-7,12-14,27H,3,8-11H2,1-2H3,(H,28,29,30,31). The smallest absolute Gasteiger partial charge is 0.261 e. The van der Waals surface area contributed by atoms with Crippen LogP contribution >= 0.6 is 0 Å². The maximum atomic E-state index is 15.2. The molecule has 3 fully saturated rings. The predicted molar refractivity (Wildman–Crippen MR) is 395 cm³/mol.